The highest BCUT2D eigenvalue weighted by Crippen LogP contribution is 2.55. The van der Waals surface area contributed by atoms with E-state index in [9.17, 15) is 13.2 Å². The maximum atomic E-state index is 12.8. The maximum absolute atomic E-state index is 12.8. The predicted octanol–water partition coefficient (Wildman–Crippen LogP) is 3.56. The minimum absolute atomic E-state index is 0.00592. The molecule has 2 N–H and O–H groups in total. The molecule has 160 valence electrons. The van der Waals surface area contributed by atoms with Crippen LogP contribution in [0.3, 0.4) is 0 Å². The molecule has 0 aromatic carbocycles. The molecule has 29 heavy (non-hydrogen) atoms. The number of amides is 2. The van der Waals surface area contributed by atoms with Crippen LogP contribution in [0, 0.1) is 17.8 Å². The summed E-state index contributed by atoms with van der Waals surface area (Å²) in [4.78, 5) is 12.8. The van der Waals surface area contributed by atoms with Gasteiger partial charge in [0.2, 0.25) is 0 Å². The second kappa shape index (κ2) is 7.54. The first-order valence-electron chi connectivity index (χ1n) is 11.1. The molecule has 0 spiro atoms. The third-order valence-corrected chi connectivity index (χ3v) is 11.0. The summed E-state index contributed by atoms with van der Waals surface area (Å²) in [5.41, 5.74) is 0.00592. The second-order valence-corrected chi connectivity index (χ2v) is 12.8. The molecule has 4 unspecified atom stereocenters. The Hall–Kier alpha value is -1.12. The highest BCUT2D eigenvalue weighted by molar-refractivity contribution is 7.91. The van der Waals surface area contributed by atoms with Crippen molar-refractivity contribution in [2.24, 2.45) is 17.8 Å². The lowest BCUT2D eigenvalue weighted by atomic mass is 9.75. The number of nitrogens with zero attached hydrogens (tertiary/aromatic N) is 1. The maximum Gasteiger partial charge on any atom is 0.315 e. The number of hydrogen-bond acceptors (Lipinski definition) is 4. The Morgan fingerprint density at radius 1 is 1.10 bits per heavy atom. The Bertz CT molecular complexity index is 845. The zero-order chi connectivity index (χ0) is 20.1. The topological polar surface area (TPSA) is 78.5 Å². The normalized spacial score (nSPS) is 35.4. The van der Waals surface area contributed by atoms with Crippen LogP contribution in [-0.4, -0.2) is 43.4 Å². The molecular weight excluding hydrogens is 406 g/mol. The average Bonchev–Trinajstić information content (AvgIpc) is 3.26. The molecular formula is C21H31N3O3S2. The van der Waals surface area contributed by atoms with Crippen molar-refractivity contribution in [3.63, 3.8) is 0 Å². The molecule has 1 saturated heterocycles. The third kappa shape index (κ3) is 3.83. The molecule has 1 aliphatic heterocycles. The lowest BCUT2D eigenvalue weighted by molar-refractivity contribution is 0.173. The number of piperidine rings is 1. The van der Waals surface area contributed by atoms with Gasteiger partial charge in [-0.2, -0.15) is 4.31 Å². The Balaban J connectivity index is 1.15. The number of nitrogens with one attached hydrogen (secondary N) is 2. The summed E-state index contributed by atoms with van der Waals surface area (Å²) in [7, 11) is -3.39. The van der Waals surface area contributed by atoms with Crippen molar-refractivity contribution in [2.45, 2.75) is 73.6 Å². The second-order valence-electron chi connectivity index (χ2n) is 9.65. The fraction of sp³-hybridized carbons (Fsp3) is 0.762. The van der Waals surface area contributed by atoms with E-state index in [2.05, 4.69) is 10.6 Å². The third-order valence-electron chi connectivity index (χ3n) is 7.73. The van der Waals surface area contributed by atoms with Gasteiger partial charge in [-0.25, -0.2) is 13.2 Å². The van der Waals surface area contributed by atoms with Gasteiger partial charge in [-0.1, -0.05) is 25.3 Å². The van der Waals surface area contributed by atoms with Crippen molar-refractivity contribution in [1.29, 1.82) is 0 Å². The lowest BCUT2D eigenvalue weighted by Gasteiger charge is -2.39. The molecule has 4 atom stereocenters. The first kappa shape index (κ1) is 19.8. The fourth-order valence-electron chi connectivity index (χ4n) is 6.55. The van der Waals surface area contributed by atoms with Gasteiger partial charge in [0.15, 0.2) is 0 Å². The molecule has 3 aliphatic carbocycles. The van der Waals surface area contributed by atoms with E-state index < -0.39 is 10.0 Å². The number of thiophene rings is 1. The van der Waals surface area contributed by atoms with E-state index in [4.69, 9.17) is 0 Å². The van der Waals surface area contributed by atoms with Gasteiger partial charge in [0, 0.05) is 24.7 Å². The summed E-state index contributed by atoms with van der Waals surface area (Å²) in [5, 5.41) is 8.32. The van der Waals surface area contributed by atoms with E-state index >= 15 is 0 Å². The summed E-state index contributed by atoms with van der Waals surface area (Å²) in [6.45, 7) is 0.922. The minimum atomic E-state index is -3.39. The van der Waals surface area contributed by atoms with Gasteiger partial charge in [-0.15, -0.1) is 11.3 Å². The van der Waals surface area contributed by atoms with Crippen LogP contribution in [0.4, 0.5) is 4.79 Å². The first-order valence-corrected chi connectivity index (χ1v) is 13.4. The smallest absolute Gasteiger partial charge is 0.315 e. The van der Waals surface area contributed by atoms with Crippen LogP contribution in [0.5, 0.6) is 0 Å². The summed E-state index contributed by atoms with van der Waals surface area (Å²) in [6.07, 6.45) is 10.2. The number of rotatable bonds is 4. The van der Waals surface area contributed by atoms with Gasteiger partial charge >= 0.3 is 6.03 Å². The van der Waals surface area contributed by atoms with Crippen LogP contribution in [-0.2, 0) is 10.0 Å². The quantitative estimate of drug-likeness (QED) is 0.756. The minimum Gasteiger partial charge on any atom is -0.335 e. The van der Waals surface area contributed by atoms with Crippen molar-refractivity contribution >= 4 is 27.4 Å². The molecule has 6 nitrogen and oxygen atoms in total. The van der Waals surface area contributed by atoms with Crippen LogP contribution in [0.1, 0.15) is 57.8 Å². The first-order chi connectivity index (χ1) is 13.9. The molecule has 4 fully saturated rings. The Morgan fingerprint density at radius 2 is 1.90 bits per heavy atom. The van der Waals surface area contributed by atoms with Crippen LogP contribution in [0.15, 0.2) is 21.7 Å². The molecule has 3 saturated carbocycles. The molecule has 0 radical (unpaired) electrons. The van der Waals surface area contributed by atoms with Crippen molar-refractivity contribution in [3.05, 3.63) is 17.5 Å². The van der Waals surface area contributed by atoms with Crippen LogP contribution < -0.4 is 10.6 Å². The number of carbonyl (C=O) groups excluding carboxylic acids is 1. The highest BCUT2D eigenvalue weighted by atomic mass is 32.2. The van der Waals surface area contributed by atoms with E-state index in [1.54, 1.807) is 21.8 Å². The Kier molecular flexibility index (Phi) is 5.15. The number of carbonyl (C=O) groups is 1. The number of sulfonamides is 1. The molecule has 2 amide bonds. The van der Waals surface area contributed by atoms with Gasteiger partial charge in [0.1, 0.15) is 4.21 Å². The molecule has 3 bridgehead atoms. The van der Waals surface area contributed by atoms with Gasteiger partial charge in [-0.3, -0.25) is 0 Å². The molecule has 2 heterocycles. The van der Waals surface area contributed by atoms with Crippen molar-refractivity contribution in [2.75, 3.05) is 13.1 Å². The van der Waals surface area contributed by atoms with Gasteiger partial charge in [0.25, 0.3) is 10.0 Å². The Morgan fingerprint density at radius 3 is 2.66 bits per heavy atom. The number of fused-ring (bicyclic) bond motifs is 2. The van der Waals surface area contributed by atoms with Crippen LogP contribution in [0.2, 0.25) is 0 Å². The van der Waals surface area contributed by atoms with Crippen molar-refractivity contribution in [1.82, 2.24) is 14.9 Å². The average molecular weight is 438 g/mol. The van der Waals surface area contributed by atoms with E-state index in [1.807, 2.05) is 0 Å². The largest absolute Gasteiger partial charge is 0.335 e. The number of hydrogen-bond donors (Lipinski definition) is 2. The molecule has 4 aliphatic rings. The van der Waals surface area contributed by atoms with E-state index in [0.717, 1.165) is 37.0 Å². The lowest BCUT2D eigenvalue weighted by Crippen LogP contribution is -2.56. The van der Waals surface area contributed by atoms with E-state index in [-0.39, 0.29) is 17.6 Å². The van der Waals surface area contributed by atoms with Gasteiger partial charge in [-0.05, 0) is 67.7 Å². The standard InChI is InChI=1S/C21H31N3O3S2/c25-20(23-21-12-15-3-1-4-16(13-21)17(11-15)14-21)22-18-6-8-24(9-7-18)29(26,27)19-5-2-10-28-19/h2,5,10,15-18H,1,3-4,6-9,11-14H2,(H2,22,23,25). The van der Waals surface area contributed by atoms with E-state index in [1.165, 1.54) is 37.0 Å². The van der Waals surface area contributed by atoms with Gasteiger partial charge in [0.05, 0.1) is 0 Å². The van der Waals surface area contributed by atoms with Crippen LogP contribution >= 0.6 is 11.3 Å². The fourth-order valence-corrected chi connectivity index (χ4v) is 9.16. The zero-order valence-electron chi connectivity index (χ0n) is 16.8. The van der Waals surface area contributed by atoms with Crippen LogP contribution in [0.25, 0.3) is 0 Å². The summed E-state index contributed by atoms with van der Waals surface area (Å²) >= 11 is 1.26. The Labute approximate surface area is 177 Å². The van der Waals surface area contributed by atoms with E-state index in [0.29, 0.717) is 30.1 Å². The highest BCUT2D eigenvalue weighted by Gasteiger charge is 2.52. The molecule has 8 heteroatoms. The number of urea groups is 1. The predicted molar refractivity (Wildman–Crippen MR) is 113 cm³/mol. The van der Waals surface area contributed by atoms with Gasteiger partial charge < -0.3 is 10.6 Å². The SMILES string of the molecule is O=C(NC1CCN(S(=O)(=O)c2cccs2)CC1)NC12CC3CCCC(C1)C(C3)C2. The van der Waals surface area contributed by atoms with Crippen molar-refractivity contribution in [3.8, 4) is 0 Å². The summed E-state index contributed by atoms with van der Waals surface area (Å²) in [6, 6.07) is 3.42. The zero-order valence-corrected chi connectivity index (χ0v) is 18.4. The monoisotopic (exact) mass is 437 g/mol. The van der Waals surface area contributed by atoms with Crippen molar-refractivity contribution < 1.29 is 13.2 Å². The molecule has 1 aromatic heterocycles. The molecule has 5 rings (SSSR count). The summed E-state index contributed by atoms with van der Waals surface area (Å²) < 4.78 is 27.3. The molecule has 1 aromatic rings. The summed E-state index contributed by atoms with van der Waals surface area (Å²) in [5.74, 6) is 2.39.